The molecule has 7 aliphatic rings. The number of anilines is 6. The molecule has 0 unspecified atom stereocenters. The Balaban J connectivity index is 0.000000167. The van der Waals surface area contributed by atoms with Gasteiger partial charge in [-0.15, -0.1) is 0 Å². The molecule has 4 aromatic rings. The molecule has 2 atom stereocenters. The number of β-amino-alcohol motifs (C(OH)–C–C–N with tert-alkyl or cyclic N) is 2. The van der Waals surface area contributed by atoms with Crippen molar-refractivity contribution >= 4 is 95.4 Å². The molecule has 11 rings (SSSR count). The van der Waals surface area contributed by atoms with Gasteiger partial charge in [-0.25, -0.2) is 19.6 Å². The van der Waals surface area contributed by atoms with Gasteiger partial charge in [0.1, 0.15) is 23.3 Å². The second kappa shape index (κ2) is 27.0. The van der Waals surface area contributed by atoms with Crippen LogP contribution in [0.2, 0.25) is 0 Å². The predicted molar refractivity (Wildman–Crippen MR) is 330 cm³/mol. The average molecular weight is 1270 g/mol. The number of likely N-dealkylation sites (tertiary alicyclic amines) is 2. The number of amides is 4. The fourth-order valence-corrected chi connectivity index (χ4v) is 11.4. The van der Waals surface area contributed by atoms with Crippen molar-refractivity contribution in [2.75, 3.05) is 135 Å². The highest BCUT2D eigenvalue weighted by Gasteiger charge is 2.52. The van der Waals surface area contributed by atoms with E-state index < -0.39 is 42.9 Å². The molecule has 24 heteroatoms. The summed E-state index contributed by atoms with van der Waals surface area (Å²) < 4.78 is 62.0. The van der Waals surface area contributed by atoms with E-state index in [0.717, 1.165) is 122 Å². The number of aromatic nitrogens is 2. The number of hydrogen-bond acceptors (Lipinski definition) is 14. The molecule has 9 heterocycles. The Labute approximate surface area is 501 Å². The third kappa shape index (κ3) is 15.9. The minimum Gasteiger partial charge on any atom is -0.399 e. The number of urea groups is 2. The van der Waals surface area contributed by atoms with E-state index >= 15 is 0 Å². The van der Waals surface area contributed by atoms with Gasteiger partial charge in [0.05, 0.1) is 49.8 Å². The van der Waals surface area contributed by atoms with Crippen LogP contribution in [0.4, 0.5) is 57.4 Å². The number of halogens is 4. The van der Waals surface area contributed by atoms with Gasteiger partial charge >= 0.3 is 25.4 Å². The molecule has 7 saturated heterocycles. The smallest absolute Gasteiger partial charge is 0.399 e. The minimum atomic E-state index is -4.20. The fraction of sp³-hybridized carbons (Fsp3) is 0.586. The number of aliphatic hydroxyl groups excluding tert-OH is 2. The van der Waals surface area contributed by atoms with Gasteiger partial charge in [0.15, 0.2) is 0 Å². The summed E-state index contributed by atoms with van der Waals surface area (Å²) in [6, 6.07) is 19.5. The number of ether oxygens (including phenoxy) is 2. The number of alkyl halides is 3. The summed E-state index contributed by atoms with van der Waals surface area (Å²) in [5.74, 6) is 3.84. The lowest BCUT2D eigenvalue weighted by atomic mass is 9.76. The van der Waals surface area contributed by atoms with Crippen LogP contribution in [0.3, 0.4) is 0 Å². The molecule has 4 amide bonds. The van der Waals surface area contributed by atoms with E-state index in [2.05, 4.69) is 103 Å². The Morgan fingerprint density at radius 2 is 1.09 bits per heavy atom. The number of nitrogens with zero attached hydrogens (tertiary/aromatic N) is 8. The first-order valence-corrected chi connectivity index (χ1v) is 29.5. The van der Waals surface area contributed by atoms with Crippen LogP contribution in [0.15, 0.2) is 60.7 Å². The van der Waals surface area contributed by atoms with Crippen molar-refractivity contribution in [3.05, 3.63) is 75.4 Å². The quantitative estimate of drug-likeness (QED) is 0.0881. The number of morpholine rings is 2. The van der Waals surface area contributed by atoms with Crippen molar-refractivity contribution in [2.45, 2.75) is 104 Å². The number of aryl methyl sites for hydroxylation is 2. The van der Waals surface area contributed by atoms with Gasteiger partial charge in [-0.05, 0) is 159 Å². The molecule has 0 radical (unpaired) electrons. The lowest BCUT2D eigenvalue weighted by Gasteiger charge is -2.38. The molecule has 82 heavy (non-hydrogen) atoms. The lowest BCUT2D eigenvalue weighted by molar-refractivity contribution is -0.143. The Kier molecular flexibility index (Phi) is 20.8. The average Bonchev–Trinajstić information content (AvgIpc) is 4.35. The third-order valence-electron chi connectivity index (χ3n) is 16.7. The van der Waals surface area contributed by atoms with Crippen molar-refractivity contribution in [1.29, 1.82) is 0 Å². The summed E-state index contributed by atoms with van der Waals surface area (Å²) >= 11 is 2.32. The van der Waals surface area contributed by atoms with E-state index in [1.807, 2.05) is 51.7 Å². The standard InChI is InChI=1S/C26H35N5O3.C20H28BF3N2O3.C12H16IN3O2.H2S/c1-3-19-6-7-30(15-19)26(33)27-21-5-4-18(2)23(14-21)20-12-24(29-8-10-34-11-9-29)28-25(13-20)31-16-22(32)17-31;1-13-6-7-15(10-16(13)21-28-18(2,3)19(4,5)29-21)25-17(27)26-9-8-14(12-26)11-20(22,23)24;13-9-5-11(15-1-3-18-4-2-15)14-12(6-9)16-7-10(17)8-16;/h4-5,12-14,19,22,32H,3,6-11,15-17H2,1-2H3,(H,27,33);6-7,10,14H,8-9,11-12H2,1-5H3,(H,25,27);5-6,10,17H,1-4,7-8H2;1H2/t19-;14-;;/m10../s1. The zero-order valence-corrected chi connectivity index (χ0v) is 51.4. The first kappa shape index (κ1) is 63.2. The zero-order valence-electron chi connectivity index (χ0n) is 48.2. The van der Waals surface area contributed by atoms with E-state index in [9.17, 15) is 33.0 Å². The normalized spacial score (nSPS) is 21.6. The number of carbonyl (C=O) groups is 2. The summed E-state index contributed by atoms with van der Waals surface area (Å²) in [4.78, 5) is 47.1. The largest absolute Gasteiger partial charge is 0.495 e. The number of hydrogen-bond donors (Lipinski definition) is 4. The predicted octanol–water partition coefficient (Wildman–Crippen LogP) is 8.26. The Morgan fingerprint density at radius 1 is 0.646 bits per heavy atom. The Morgan fingerprint density at radius 3 is 1.56 bits per heavy atom. The van der Waals surface area contributed by atoms with Gasteiger partial charge in [0.2, 0.25) is 0 Å². The number of nitrogens with one attached hydrogen (secondary N) is 2. The number of benzene rings is 2. The van der Waals surface area contributed by atoms with Gasteiger partial charge in [0, 0.05) is 99.9 Å². The molecule has 0 saturated carbocycles. The van der Waals surface area contributed by atoms with Crippen LogP contribution in [0.5, 0.6) is 0 Å². The molecule has 7 aliphatic heterocycles. The number of aliphatic hydroxyl groups is 2. The van der Waals surface area contributed by atoms with Gasteiger partial charge in [0.25, 0.3) is 0 Å². The summed E-state index contributed by atoms with van der Waals surface area (Å²) in [5, 5.41) is 25.1. The van der Waals surface area contributed by atoms with E-state index in [-0.39, 0.29) is 38.3 Å². The first-order valence-electron chi connectivity index (χ1n) is 28.5. The van der Waals surface area contributed by atoms with E-state index in [4.69, 9.17) is 28.8 Å². The molecule has 448 valence electrons. The van der Waals surface area contributed by atoms with Crippen LogP contribution in [-0.4, -0.2) is 184 Å². The summed E-state index contributed by atoms with van der Waals surface area (Å²) in [6.07, 6.45) is -2.99. The molecule has 2 aromatic heterocycles. The topological polar surface area (TPSA) is 181 Å². The minimum absolute atomic E-state index is 0. The SMILES string of the molecule is CC[C@@H]1CCN(C(=O)Nc2ccc(C)c(-c3cc(N4CCOCC4)nc(N4CC(O)C4)c3)c2)C1.Cc1ccc(NC(=O)N2CC[C@@H](CC(F)(F)F)C2)cc1B1OC(C)(C)C(C)(C)O1.OC1CN(c2cc(I)cc(N3CCOCC3)n2)C1.S. The van der Waals surface area contributed by atoms with E-state index in [0.29, 0.717) is 64.0 Å². The van der Waals surface area contributed by atoms with Crippen LogP contribution in [0, 0.1) is 29.3 Å². The molecular weight excluding hydrogens is 1190 g/mol. The zero-order chi connectivity index (χ0) is 57.8. The van der Waals surface area contributed by atoms with Crippen molar-refractivity contribution < 1.29 is 51.8 Å². The lowest BCUT2D eigenvalue weighted by Crippen LogP contribution is -2.51. The second-order valence-electron chi connectivity index (χ2n) is 23.4. The molecule has 0 bridgehead atoms. The van der Waals surface area contributed by atoms with Crippen LogP contribution >= 0.6 is 36.1 Å². The first-order chi connectivity index (χ1) is 38.5. The molecular formula is C58H81BF3IN10O8S. The summed E-state index contributed by atoms with van der Waals surface area (Å²) in [7, 11) is -0.556. The van der Waals surface area contributed by atoms with Gasteiger partial charge in [-0.1, -0.05) is 31.0 Å². The Hall–Kier alpha value is -4.83. The highest BCUT2D eigenvalue weighted by Crippen LogP contribution is 2.38. The maximum atomic E-state index is 12.8. The summed E-state index contributed by atoms with van der Waals surface area (Å²) in [5.41, 5.74) is 5.46. The van der Waals surface area contributed by atoms with Gasteiger partial charge < -0.3 is 69.0 Å². The fourth-order valence-electron chi connectivity index (χ4n) is 10.9. The maximum absolute atomic E-state index is 12.8. The van der Waals surface area contributed by atoms with Crippen LogP contribution in [0.25, 0.3) is 11.1 Å². The molecule has 18 nitrogen and oxygen atoms in total. The monoisotopic (exact) mass is 1270 g/mol. The van der Waals surface area contributed by atoms with Crippen LogP contribution in [-0.2, 0) is 18.8 Å². The molecule has 4 N–H and O–H groups in total. The van der Waals surface area contributed by atoms with Crippen molar-refractivity contribution in [3.63, 3.8) is 0 Å². The van der Waals surface area contributed by atoms with Crippen molar-refractivity contribution in [1.82, 2.24) is 19.8 Å². The van der Waals surface area contributed by atoms with Gasteiger partial charge in [-0.2, -0.15) is 26.7 Å². The highest BCUT2D eigenvalue weighted by atomic mass is 127. The van der Waals surface area contributed by atoms with E-state index in [1.54, 1.807) is 12.1 Å². The molecule has 0 aliphatic carbocycles. The third-order valence-corrected chi connectivity index (χ3v) is 17.3. The number of carbonyl (C=O) groups excluding carboxylic acids is 2. The molecule has 0 spiro atoms. The number of pyridine rings is 2. The van der Waals surface area contributed by atoms with Gasteiger partial charge in [-0.3, -0.25) is 0 Å². The van der Waals surface area contributed by atoms with E-state index in [1.165, 1.54) is 8.47 Å². The summed E-state index contributed by atoms with van der Waals surface area (Å²) in [6.45, 7) is 25.1. The second-order valence-corrected chi connectivity index (χ2v) is 24.6. The number of rotatable bonds is 10. The highest BCUT2D eigenvalue weighted by molar-refractivity contribution is 14.1. The van der Waals surface area contributed by atoms with Crippen LogP contribution < -0.4 is 35.7 Å². The van der Waals surface area contributed by atoms with Crippen molar-refractivity contribution in [2.24, 2.45) is 11.8 Å². The molecule has 7 fully saturated rings. The van der Waals surface area contributed by atoms with Crippen molar-refractivity contribution in [3.8, 4) is 11.1 Å². The maximum Gasteiger partial charge on any atom is 0.495 e. The molecule has 2 aromatic carbocycles. The Bertz CT molecular complexity index is 2820. The van der Waals surface area contributed by atoms with Crippen LogP contribution in [0.1, 0.15) is 71.4 Å².